The van der Waals surface area contributed by atoms with E-state index in [9.17, 15) is 4.79 Å². The number of carbonyl (C=O) groups is 1. The molecule has 0 saturated heterocycles. The molecule has 150 valence electrons. The smallest absolute Gasteiger partial charge is 0.259 e. The van der Waals surface area contributed by atoms with Crippen molar-refractivity contribution in [1.29, 1.82) is 0 Å². The lowest BCUT2D eigenvalue weighted by molar-refractivity contribution is -0.119. The number of rotatable bonds is 7. The summed E-state index contributed by atoms with van der Waals surface area (Å²) < 4.78 is 10.8. The van der Waals surface area contributed by atoms with Crippen LogP contribution in [-0.4, -0.2) is 32.9 Å². The number of nitrogens with zero attached hydrogens (tertiary/aromatic N) is 1. The largest absolute Gasteiger partial charge is 0.497 e. The molecule has 0 radical (unpaired) electrons. The first-order valence-electron chi connectivity index (χ1n) is 9.29. The van der Waals surface area contributed by atoms with Crippen LogP contribution in [0.5, 0.6) is 11.5 Å². The first-order valence-corrected chi connectivity index (χ1v) is 9.29. The van der Waals surface area contributed by atoms with Crippen molar-refractivity contribution in [1.82, 2.24) is 5.43 Å². The van der Waals surface area contributed by atoms with Crippen LogP contribution in [0.3, 0.4) is 0 Å². The van der Waals surface area contributed by atoms with Crippen molar-refractivity contribution in [2.75, 3.05) is 26.1 Å². The fraction of sp³-hybridized carbons (Fsp3) is 0.217. The highest BCUT2D eigenvalue weighted by molar-refractivity contribution is 6.03. The molecule has 1 amide bonds. The van der Waals surface area contributed by atoms with Gasteiger partial charge >= 0.3 is 0 Å². The third-order valence-electron chi connectivity index (χ3n) is 4.79. The number of carbonyl (C=O) groups excluding carboxylic acids is 1. The van der Waals surface area contributed by atoms with Gasteiger partial charge in [-0.15, -0.1) is 0 Å². The number of methoxy groups -OCH3 is 2. The van der Waals surface area contributed by atoms with Crippen LogP contribution in [0.25, 0.3) is 10.8 Å². The maximum Gasteiger partial charge on any atom is 0.259 e. The van der Waals surface area contributed by atoms with E-state index in [0.29, 0.717) is 5.75 Å². The van der Waals surface area contributed by atoms with E-state index in [1.807, 2.05) is 55.5 Å². The fourth-order valence-electron chi connectivity index (χ4n) is 2.98. The average Bonchev–Trinajstić information content (AvgIpc) is 2.74. The minimum absolute atomic E-state index is 0.125. The summed E-state index contributed by atoms with van der Waals surface area (Å²) >= 11 is 0. The summed E-state index contributed by atoms with van der Waals surface area (Å²) in [4.78, 5) is 12.1. The van der Waals surface area contributed by atoms with Crippen LogP contribution < -0.4 is 20.2 Å². The highest BCUT2D eigenvalue weighted by atomic mass is 16.5. The van der Waals surface area contributed by atoms with Crippen LogP contribution in [0, 0.1) is 13.8 Å². The minimum Gasteiger partial charge on any atom is -0.497 e. The van der Waals surface area contributed by atoms with Gasteiger partial charge in [-0.25, -0.2) is 5.43 Å². The molecule has 2 N–H and O–H groups in total. The van der Waals surface area contributed by atoms with Crippen molar-refractivity contribution in [3.63, 3.8) is 0 Å². The zero-order chi connectivity index (χ0) is 20.8. The summed E-state index contributed by atoms with van der Waals surface area (Å²) in [5, 5.41) is 9.17. The molecule has 0 aromatic heterocycles. The fourth-order valence-corrected chi connectivity index (χ4v) is 2.98. The number of benzene rings is 3. The first kappa shape index (κ1) is 20.2. The molecular weight excluding hydrogens is 366 g/mol. The number of hydrazone groups is 1. The lowest BCUT2D eigenvalue weighted by Crippen LogP contribution is -2.25. The van der Waals surface area contributed by atoms with Gasteiger partial charge in [-0.2, -0.15) is 5.10 Å². The van der Waals surface area contributed by atoms with Gasteiger partial charge in [0, 0.05) is 11.3 Å². The van der Waals surface area contributed by atoms with Crippen molar-refractivity contribution in [2.24, 2.45) is 5.10 Å². The average molecular weight is 391 g/mol. The molecule has 0 spiro atoms. The Bertz CT molecular complexity index is 1060. The number of aryl methyl sites for hydroxylation is 2. The van der Waals surface area contributed by atoms with Crippen molar-refractivity contribution in [2.45, 2.75) is 13.8 Å². The molecule has 0 aliphatic rings. The molecule has 3 aromatic rings. The first-order chi connectivity index (χ1) is 14.0. The number of nitrogens with one attached hydrogen (secondary N) is 2. The van der Waals surface area contributed by atoms with E-state index in [0.717, 1.165) is 27.8 Å². The van der Waals surface area contributed by atoms with Gasteiger partial charge < -0.3 is 14.8 Å². The summed E-state index contributed by atoms with van der Waals surface area (Å²) in [5.74, 6) is 1.16. The van der Waals surface area contributed by atoms with E-state index in [1.54, 1.807) is 20.4 Å². The van der Waals surface area contributed by atoms with E-state index in [1.165, 1.54) is 11.1 Å². The minimum atomic E-state index is -0.240. The maximum atomic E-state index is 12.1. The Kier molecular flexibility index (Phi) is 6.34. The highest BCUT2D eigenvalue weighted by Crippen LogP contribution is 2.29. The number of hydrogen-bond acceptors (Lipinski definition) is 5. The molecule has 3 aromatic carbocycles. The SMILES string of the molecule is COc1ccc2ccc(OC)c(/C=N\NC(=O)CNc3ccc(C)c(C)c3)c2c1. The van der Waals surface area contributed by atoms with Crippen LogP contribution in [0.15, 0.2) is 53.6 Å². The predicted molar refractivity (Wildman–Crippen MR) is 117 cm³/mol. The van der Waals surface area contributed by atoms with Gasteiger partial charge in [0.25, 0.3) is 5.91 Å². The van der Waals surface area contributed by atoms with Crippen LogP contribution in [0.1, 0.15) is 16.7 Å². The summed E-state index contributed by atoms with van der Waals surface area (Å²) in [5.41, 5.74) is 6.61. The third-order valence-corrected chi connectivity index (χ3v) is 4.79. The molecule has 0 saturated carbocycles. The predicted octanol–water partition coefficient (Wildman–Crippen LogP) is 4.04. The van der Waals surface area contributed by atoms with Gasteiger partial charge in [0.05, 0.1) is 27.0 Å². The van der Waals surface area contributed by atoms with Crippen molar-refractivity contribution >= 4 is 28.6 Å². The summed E-state index contributed by atoms with van der Waals surface area (Å²) in [6, 6.07) is 15.6. The summed E-state index contributed by atoms with van der Waals surface area (Å²) in [6.07, 6.45) is 1.59. The van der Waals surface area contributed by atoms with Crippen molar-refractivity contribution in [3.8, 4) is 11.5 Å². The topological polar surface area (TPSA) is 72.0 Å². The molecule has 29 heavy (non-hydrogen) atoms. The standard InChI is InChI=1S/C23H25N3O3/c1-15-5-8-18(11-16(15)2)24-14-23(27)26-25-13-21-20-12-19(28-3)9-6-17(20)7-10-22(21)29-4/h5-13,24H,14H2,1-4H3,(H,26,27)/b25-13-. The van der Waals surface area contributed by atoms with Crippen LogP contribution in [-0.2, 0) is 4.79 Å². The second kappa shape index (κ2) is 9.10. The summed E-state index contributed by atoms with van der Waals surface area (Å²) in [7, 11) is 3.22. The molecule has 0 atom stereocenters. The normalized spacial score (nSPS) is 10.9. The van der Waals surface area contributed by atoms with Crippen LogP contribution in [0.2, 0.25) is 0 Å². The van der Waals surface area contributed by atoms with Gasteiger partial charge in [-0.3, -0.25) is 4.79 Å². The van der Waals surface area contributed by atoms with Gasteiger partial charge in [-0.05, 0) is 66.1 Å². The Balaban J connectivity index is 1.71. The molecule has 0 fully saturated rings. The Morgan fingerprint density at radius 1 is 1.00 bits per heavy atom. The molecular formula is C23H25N3O3. The van der Waals surface area contributed by atoms with Gasteiger partial charge in [-0.1, -0.05) is 18.2 Å². The van der Waals surface area contributed by atoms with Crippen LogP contribution >= 0.6 is 0 Å². The van der Waals surface area contributed by atoms with Crippen LogP contribution in [0.4, 0.5) is 5.69 Å². The molecule has 6 heteroatoms. The van der Waals surface area contributed by atoms with E-state index in [2.05, 4.69) is 22.8 Å². The van der Waals surface area contributed by atoms with E-state index >= 15 is 0 Å². The molecule has 3 rings (SSSR count). The molecule has 0 heterocycles. The molecule has 0 aliphatic carbocycles. The second-order valence-electron chi connectivity index (χ2n) is 6.71. The van der Waals surface area contributed by atoms with E-state index in [-0.39, 0.29) is 12.5 Å². The van der Waals surface area contributed by atoms with Crippen molar-refractivity contribution < 1.29 is 14.3 Å². The van der Waals surface area contributed by atoms with E-state index in [4.69, 9.17) is 9.47 Å². The molecule has 0 bridgehead atoms. The van der Waals surface area contributed by atoms with Gasteiger partial charge in [0.2, 0.25) is 0 Å². The Hall–Kier alpha value is -3.54. The lowest BCUT2D eigenvalue weighted by Gasteiger charge is -2.10. The zero-order valence-corrected chi connectivity index (χ0v) is 17.1. The monoisotopic (exact) mass is 391 g/mol. The Labute approximate surface area is 170 Å². The van der Waals surface area contributed by atoms with E-state index < -0.39 is 0 Å². The number of amides is 1. The lowest BCUT2D eigenvalue weighted by atomic mass is 10.0. The molecule has 6 nitrogen and oxygen atoms in total. The number of anilines is 1. The number of hydrogen-bond donors (Lipinski definition) is 2. The zero-order valence-electron chi connectivity index (χ0n) is 17.1. The molecule has 0 aliphatic heterocycles. The third kappa shape index (κ3) is 4.85. The Morgan fingerprint density at radius 2 is 1.79 bits per heavy atom. The van der Waals surface area contributed by atoms with Crippen molar-refractivity contribution in [3.05, 3.63) is 65.2 Å². The summed E-state index contributed by atoms with van der Waals surface area (Å²) in [6.45, 7) is 4.22. The Morgan fingerprint density at radius 3 is 2.52 bits per heavy atom. The van der Waals surface area contributed by atoms with Gasteiger partial charge in [0.1, 0.15) is 11.5 Å². The quantitative estimate of drug-likeness (QED) is 0.471. The highest BCUT2D eigenvalue weighted by Gasteiger charge is 2.08. The molecule has 0 unspecified atom stereocenters. The maximum absolute atomic E-state index is 12.1. The van der Waals surface area contributed by atoms with Gasteiger partial charge in [0.15, 0.2) is 0 Å². The number of ether oxygens (including phenoxy) is 2. The number of fused-ring (bicyclic) bond motifs is 1. The second-order valence-corrected chi connectivity index (χ2v) is 6.71.